The minimum Gasteiger partial charge on any atom is -0.294 e. The van der Waals surface area contributed by atoms with Crippen molar-refractivity contribution in [3.8, 4) is 0 Å². The molecular formula is C12H14OS. The standard InChI is InChI=1S/C12H14OS/c1-8-7-10(14-2)5-6-11(8)12(13)9-3-4-9/h5-7,9H,3-4H2,1-2H3. The molecule has 1 aromatic rings. The van der Waals surface area contributed by atoms with E-state index < -0.39 is 0 Å². The molecule has 0 spiro atoms. The Labute approximate surface area is 88.9 Å². The molecule has 0 atom stereocenters. The van der Waals surface area contributed by atoms with Crippen LogP contribution in [0.2, 0.25) is 0 Å². The van der Waals surface area contributed by atoms with E-state index in [-0.39, 0.29) is 0 Å². The van der Waals surface area contributed by atoms with E-state index in [2.05, 4.69) is 12.3 Å². The summed E-state index contributed by atoms with van der Waals surface area (Å²) in [7, 11) is 0. The van der Waals surface area contributed by atoms with Crippen LogP contribution in [0.1, 0.15) is 28.8 Å². The maximum absolute atomic E-state index is 11.8. The molecule has 0 aliphatic heterocycles. The van der Waals surface area contributed by atoms with Gasteiger partial charge in [0.2, 0.25) is 0 Å². The summed E-state index contributed by atoms with van der Waals surface area (Å²) in [6, 6.07) is 6.11. The van der Waals surface area contributed by atoms with Crippen LogP contribution < -0.4 is 0 Å². The first-order valence-corrected chi connectivity index (χ1v) is 6.13. The van der Waals surface area contributed by atoms with Crippen LogP contribution in [0.5, 0.6) is 0 Å². The summed E-state index contributed by atoms with van der Waals surface area (Å²) in [5.41, 5.74) is 2.04. The summed E-state index contributed by atoms with van der Waals surface area (Å²) in [5.74, 6) is 0.670. The van der Waals surface area contributed by atoms with Crippen molar-refractivity contribution < 1.29 is 4.79 Å². The van der Waals surface area contributed by atoms with Crippen molar-refractivity contribution in [3.63, 3.8) is 0 Å². The minimum atomic E-state index is 0.328. The van der Waals surface area contributed by atoms with Gasteiger partial charge in [0.25, 0.3) is 0 Å². The van der Waals surface area contributed by atoms with E-state index in [1.165, 1.54) is 4.90 Å². The Balaban J connectivity index is 2.29. The summed E-state index contributed by atoms with van der Waals surface area (Å²) >= 11 is 1.72. The third-order valence-electron chi connectivity index (χ3n) is 2.65. The number of benzene rings is 1. The SMILES string of the molecule is CSc1ccc(C(=O)C2CC2)c(C)c1. The molecule has 0 amide bonds. The van der Waals surface area contributed by atoms with E-state index >= 15 is 0 Å². The van der Waals surface area contributed by atoms with Crippen molar-refractivity contribution in [2.75, 3.05) is 6.26 Å². The van der Waals surface area contributed by atoms with Crippen LogP contribution in [0.3, 0.4) is 0 Å². The summed E-state index contributed by atoms with van der Waals surface area (Å²) in [6.07, 6.45) is 4.22. The largest absolute Gasteiger partial charge is 0.294 e. The molecule has 74 valence electrons. The second-order valence-corrected chi connectivity index (χ2v) is 4.70. The van der Waals surface area contributed by atoms with E-state index in [0.29, 0.717) is 11.7 Å². The third kappa shape index (κ3) is 1.85. The molecule has 2 rings (SSSR count). The number of ketones is 1. The summed E-state index contributed by atoms with van der Waals surface area (Å²) in [5, 5.41) is 0. The quantitative estimate of drug-likeness (QED) is 0.557. The summed E-state index contributed by atoms with van der Waals surface area (Å²) in [6.45, 7) is 2.02. The second kappa shape index (κ2) is 3.77. The van der Waals surface area contributed by atoms with Gasteiger partial charge in [0.1, 0.15) is 0 Å². The zero-order valence-electron chi connectivity index (χ0n) is 8.54. The minimum absolute atomic E-state index is 0.328. The van der Waals surface area contributed by atoms with Crippen molar-refractivity contribution in [1.29, 1.82) is 0 Å². The Hall–Kier alpha value is -0.760. The van der Waals surface area contributed by atoms with E-state index in [1.54, 1.807) is 11.8 Å². The fourth-order valence-electron chi connectivity index (χ4n) is 1.61. The fraction of sp³-hybridized carbons (Fsp3) is 0.417. The predicted molar refractivity (Wildman–Crippen MR) is 60.0 cm³/mol. The molecule has 14 heavy (non-hydrogen) atoms. The number of hydrogen-bond acceptors (Lipinski definition) is 2. The summed E-state index contributed by atoms with van der Waals surface area (Å²) in [4.78, 5) is 13.1. The van der Waals surface area contributed by atoms with Gasteiger partial charge in [-0.2, -0.15) is 0 Å². The van der Waals surface area contributed by atoms with Crippen LogP contribution in [-0.4, -0.2) is 12.0 Å². The van der Waals surface area contributed by atoms with Crippen LogP contribution in [-0.2, 0) is 0 Å². The topological polar surface area (TPSA) is 17.1 Å². The molecule has 0 unspecified atom stereocenters. The number of Topliss-reactive ketones (excluding diaryl/α,β-unsaturated/α-hetero) is 1. The average molecular weight is 206 g/mol. The lowest BCUT2D eigenvalue weighted by molar-refractivity contribution is 0.0967. The highest BCUT2D eigenvalue weighted by molar-refractivity contribution is 7.98. The van der Waals surface area contributed by atoms with Crippen molar-refractivity contribution in [3.05, 3.63) is 29.3 Å². The highest BCUT2D eigenvalue weighted by atomic mass is 32.2. The van der Waals surface area contributed by atoms with Gasteiger partial charge in [0.15, 0.2) is 5.78 Å². The van der Waals surface area contributed by atoms with Crippen LogP contribution in [0.15, 0.2) is 23.1 Å². The van der Waals surface area contributed by atoms with Crippen molar-refractivity contribution >= 4 is 17.5 Å². The monoisotopic (exact) mass is 206 g/mol. The van der Waals surface area contributed by atoms with Gasteiger partial charge >= 0.3 is 0 Å². The number of thioether (sulfide) groups is 1. The molecule has 0 aromatic heterocycles. The molecule has 0 N–H and O–H groups in total. The highest BCUT2D eigenvalue weighted by Gasteiger charge is 2.30. The lowest BCUT2D eigenvalue weighted by Gasteiger charge is -2.05. The lowest BCUT2D eigenvalue weighted by atomic mass is 10.0. The third-order valence-corrected chi connectivity index (χ3v) is 3.37. The number of carbonyl (C=O) groups is 1. The molecule has 0 radical (unpaired) electrons. The smallest absolute Gasteiger partial charge is 0.166 e. The van der Waals surface area contributed by atoms with Crippen LogP contribution >= 0.6 is 11.8 Å². The van der Waals surface area contributed by atoms with Crippen molar-refractivity contribution in [1.82, 2.24) is 0 Å². The summed E-state index contributed by atoms with van der Waals surface area (Å²) < 4.78 is 0. The van der Waals surface area contributed by atoms with Crippen molar-refractivity contribution in [2.24, 2.45) is 5.92 Å². The molecule has 1 aromatic carbocycles. The molecule has 1 aliphatic carbocycles. The molecule has 2 heteroatoms. The van der Waals surface area contributed by atoms with Gasteiger partial charge in [-0.3, -0.25) is 4.79 Å². The number of carbonyl (C=O) groups excluding carboxylic acids is 1. The Morgan fingerprint density at radius 3 is 2.64 bits per heavy atom. The van der Waals surface area contributed by atoms with Gasteiger partial charge in [-0.1, -0.05) is 6.07 Å². The van der Waals surface area contributed by atoms with Crippen LogP contribution in [0.25, 0.3) is 0 Å². The Bertz CT molecular complexity index is 367. The number of hydrogen-bond donors (Lipinski definition) is 0. The van der Waals surface area contributed by atoms with Crippen LogP contribution in [0, 0.1) is 12.8 Å². The maximum Gasteiger partial charge on any atom is 0.166 e. The zero-order valence-corrected chi connectivity index (χ0v) is 9.36. The maximum atomic E-state index is 11.8. The molecule has 1 aliphatic rings. The first-order chi connectivity index (χ1) is 6.72. The van der Waals surface area contributed by atoms with Gasteiger partial charge in [-0.15, -0.1) is 11.8 Å². The Kier molecular flexibility index (Phi) is 2.64. The molecule has 0 heterocycles. The van der Waals surface area contributed by atoms with E-state index in [9.17, 15) is 4.79 Å². The van der Waals surface area contributed by atoms with E-state index in [1.807, 2.05) is 19.1 Å². The lowest BCUT2D eigenvalue weighted by Crippen LogP contribution is -2.03. The fourth-order valence-corrected chi connectivity index (χ4v) is 2.10. The van der Waals surface area contributed by atoms with Gasteiger partial charge in [0.05, 0.1) is 0 Å². The zero-order chi connectivity index (χ0) is 10.1. The van der Waals surface area contributed by atoms with Gasteiger partial charge < -0.3 is 0 Å². The van der Waals surface area contributed by atoms with E-state index in [0.717, 1.165) is 24.0 Å². The Morgan fingerprint density at radius 1 is 1.43 bits per heavy atom. The number of rotatable bonds is 3. The molecular weight excluding hydrogens is 192 g/mol. The normalized spacial score (nSPS) is 15.6. The first kappa shape index (κ1) is 9.78. The van der Waals surface area contributed by atoms with Gasteiger partial charge in [-0.25, -0.2) is 0 Å². The van der Waals surface area contributed by atoms with Gasteiger partial charge in [0, 0.05) is 16.4 Å². The molecule has 0 saturated heterocycles. The number of aryl methyl sites for hydroxylation is 1. The molecule has 1 fully saturated rings. The first-order valence-electron chi connectivity index (χ1n) is 4.91. The second-order valence-electron chi connectivity index (χ2n) is 3.82. The average Bonchev–Trinajstić information content (AvgIpc) is 3.00. The van der Waals surface area contributed by atoms with Gasteiger partial charge in [-0.05, 0) is 43.7 Å². The van der Waals surface area contributed by atoms with Crippen LogP contribution in [0.4, 0.5) is 0 Å². The van der Waals surface area contributed by atoms with Crippen molar-refractivity contribution in [2.45, 2.75) is 24.7 Å². The molecule has 1 saturated carbocycles. The Morgan fingerprint density at radius 2 is 2.14 bits per heavy atom. The highest BCUT2D eigenvalue weighted by Crippen LogP contribution is 2.33. The predicted octanol–water partition coefficient (Wildman–Crippen LogP) is 3.31. The molecule has 0 bridgehead atoms. The van der Waals surface area contributed by atoms with E-state index in [4.69, 9.17) is 0 Å². The molecule has 1 nitrogen and oxygen atoms in total.